The molecule has 0 aliphatic carbocycles. The highest BCUT2D eigenvalue weighted by Gasteiger charge is 2.24. The van der Waals surface area contributed by atoms with E-state index in [0.717, 1.165) is 49.1 Å². The van der Waals surface area contributed by atoms with Gasteiger partial charge in [0.05, 0.1) is 18.8 Å². The van der Waals surface area contributed by atoms with Crippen molar-refractivity contribution < 1.29 is 19.0 Å². The Labute approximate surface area is 190 Å². The molecule has 0 aromatic heterocycles. The lowest BCUT2D eigenvalue weighted by Crippen LogP contribution is -2.41. The second-order valence-corrected chi connectivity index (χ2v) is 7.26. The van der Waals surface area contributed by atoms with Crippen LogP contribution in [-0.4, -0.2) is 43.1 Å². The number of guanidine groups is 1. The number of fused-ring (bicyclic) bond motifs is 1. The van der Waals surface area contributed by atoms with Crippen LogP contribution >= 0.6 is 24.0 Å². The Balaban J connectivity index is 0.00000420. The third kappa shape index (κ3) is 8.25. The van der Waals surface area contributed by atoms with Gasteiger partial charge in [0.2, 0.25) is 0 Å². The molecule has 0 radical (unpaired) electrons. The van der Waals surface area contributed by atoms with E-state index in [4.69, 9.17) is 9.47 Å². The van der Waals surface area contributed by atoms with E-state index in [1.807, 2.05) is 6.92 Å². The van der Waals surface area contributed by atoms with E-state index >= 15 is 0 Å². The fourth-order valence-corrected chi connectivity index (χ4v) is 3.54. The Kier molecular flexibility index (Phi) is 11.8. The highest BCUT2D eigenvalue weighted by molar-refractivity contribution is 14.0. The molecular weight excluding hydrogens is 488 g/mol. The van der Waals surface area contributed by atoms with Gasteiger partial charge in [-0.05, 0) is 43.9 Å². The summed E-state index contributed by atoms with van der Waals surface area (Å²) in [4.78, 5) is 4.58. The molecule has 29 heavy (non-hydrogen) atoms. The first-order valence-electron chi connectivity index (χ1n) is 10.3. The maximum atomic E-state index is 13.9. The average molecular weight is 523 g/mol. The lowest BCUT2D eigenvalue weighted by atomic mass is 9.93. The molecule has 0 atom stereocenters. The van der Waals surface area contributed by atoms with Crippen molar-refractivity contribution in [2.75, 3.05) is 26.4 Å². The van der Waals surface area contributed by atoms with Crippen molar-refractivity contribution in [2.45, 2.75) is 65.1 Å². The number of rotatable bonds is 10. The van der Waals surface area contributed by atoms with Gasteiger partial charge in [-0.3, -0.25) is 4.99 Å². The normalized spacial score (nSPS) is 13.9. The maximum absolute atomic E-state index is 13.9. The van der Waals surface area contributed by atoms with Crippen LogP contribution in [0.1, 0.15) is 57.6 Å². The Morgan fingerprint density at radius 3 is 2.59 bits per heavy atom. The predicted molar refractivity (Wildman–Crippen MR) is 125 cm³/mol. The zero-order chi connectivity index (χ0) is 20.4. The summed E-state index contributed by atoms with van der Waals surface area (Å²) in [5, 5.41) is 17.2. The average Bonchev–Trinajstić information content (AvgIpc) is 2.66. The molecule has 2 rings (SSSR count). The van der Waals surface area contributed by atoms with Crippen molar-refractivity contribution in [2.24, 2.45) is 4.99 Å². The van der Waals surface area contributed by atoms with Gasteiger partial charge < -0.3 is 25.2 Å². The molecule has 1 aliphatic rings. The molecule has 166 valence electrons. The van der Waals surface area contributed by atoms with E-state index in [9.17, 15) is 9.50 Å². The Hall–Kier alpha value is -1.13. The number of ether oxygens (including phenoxy) is 2. The Bertz CT molecular complexity index is 652. The first-order valence-corrected chi connectivity index (χ1v) is 10.3. The topological polar surface area (TPSA) is 75.1 Å². The van der Waals surface area contributed by atoms with Gasteiger partial charge in [-0.15, -0.1) is 24.0 Å². The van der Waals surface area contributed by atoms with Crippen molar-refractivity contribution in [1.82, 2.24) is 10.6 Å². The summed E-state index contributed by atoms with van der Waals surface area (Å²) in [6.07, 6.45) is 3.91. The number of halogens is 2. The van der Waals surface area contributed by atoms with E-state index in [0.29, 0.717) is 32.1 Å². The summed E-state index contributed by atoms with van der Waals surface area (Å²) < 4.78 is 24.7. The first kappa shape index (κ1) is 25.9. The second-order valence-electron chi connectivity index (χ2n) is 7.26. The lowest BCUT2D eigenvalue weighted by molar-refractivity contribution is -0.0172. The second kappa shape index (κ2) is 13.2. The highest BCUT2D eigenvalue weighted by Crippen LogP contribution is 2.29. The van der Waals surface area contributed by atoms with Crippen molar-refractivity contribution in [3.05, 3.63) is 29.1 Å². The van der Waals surface area contributed by atoms with Crippen LogP contribution in [0.4, 0.5) is 4.39 Å². The van der Waals surface area contributed by atoms with E-state index < -0.39 is 5.60 Å². The van der Waals surface area contributed by atoms with Gasteiger partial charge in [0.1, 0.15) is 11.6 Å². The third-order valence-electron chi connectivity index (χ3n) is 4.74. The van der Waals surface area contributed by atoms with Gasteiger partial charge in [-0.2, -0.15) is 0 Å². The van der Waals surface area contributed by atoms with Gasteiger partial charge >= 0.3 is 0 Å². The van der Waals surface area contributed by atoms with E-state index in [1.165, 1.54) is 12.1 Å². The molecule has 0 unspecified atom stereocenters. The zero-order valence-corrected chi connectivity index (χ0v) is 20.1. The quantitative estimate of drug-likeness (QED) is 0.248. The third-order valence-corrected chi connectivity index (χ3v) is 4.74. The monoisotopic (exact) mass is 523 g/mol. The smallest absolute Gasteiger partial charge is 0.191 e. The number of aliphatic hydroxyl groups is 1. The molecule has 0 amide bonds. The van der Waals surface area contributed by atoms with Crippen molar-refractivity contribution in [3.8, 4) is 5.75 Å². The van der Waals surface area contributed by atoms with Crippen LogP contribution < -0.4 is 15.4 Å². The first-order chi connectivity index (χ1) is 13.5. The van der Waals surface area contributed by atoms with Crippen LogP contribution in [0.5, 0.6) is 5.75 Å². The minimum atomic E-state index is -0.763. The summed E-state index contributed by atoms with van der Waals surface area (Å²) in [5.74, 6) is 1.09. The molecule has 0 bridgehead atoms. The molecule has 8 heteroatoms. The molecule has 1 aliphatic heterocycles. The number of hydrogen-bond acceptors (Lipinski definition) is 4. The van der Waals surface area contributed by atoms with Gasteiger partial charge in [-0.1, -0.05) is 26.7 Å². The standard InChI is InChI=1S/C21H34FN3O3.HI/c1-4-8-21(26,9-5-2)14-25-20(23-6-3)24-10-7-16-11-18(22)12-17-13-27-15-28-19(16)17;/h11-12,26H,4-10,13-15H2,1-3H3,(H2,23,24,25);1H. The minimum absolute atomic E-state index is 0. The molecule has 1 aromatic carbocycles. The number of hydrogen-bond donors (Lipinski definition) is 3. The SMILES string of the molecule is CCCC(O)(CCC)CN=C(NCC)NCCc1cc(F)cc2c1OCOC2.I. The van der Waals surface area contributed by atoms with Crippen LogP contribution in [0.15, 0.2) is 17.1 Å². The molecule has 6 nitrogen and oxygen atoms in total. The predicted octanol–water partition coefficient (Wildman–Crippen LogP) is 3.74. The molecule has 1 aromatic rings. The molecular formula is C21H35FIN3O3. The Morgan fingerprint density at radius 2 is 1.93 bits per heavy atom. The number of aliphatic imine (C=N–C) groups is 1. The summed E-state index contributed by atoms with van der Waals surface area (Å²) in [5.41, 5.74) is 0.794. The number of nitrogens with zero attached hydrogens (tertiary/aromatic N) is 1. The number of benzene rings is 1. The van der Waals surface area contributed by atoms with E-state index in [1.54, 1.807) is 0 Å². The van der Waals surface area contributed by atoms with Crippen LogP contribution in [0, 0.1) is 5.82 Å². The zero-order valence-electron chi connectivity index (χ0n) is 17.7. The van der Waals surface area contributed by atoms with Crippen molar-refractivity contribution in [3.63, 3.8) is 0 Å². The van der Waals surface area contributed by atoms with Crippen LogP contribution in [0.25, 0.3) is 0 Å². The van der Waals surface area contributed by atoms with Gasteiger partial charge in [0.25, 0.3) is 0 Å². The fourth-order valence-electron chi connectivity index (χ4n) is 3.54. The molecule has 1 heterocycles. The number of nitrogens with one attached hydrogen (secondary N) is 2. The van der Waals surface area contributed by atoms with E-state index in [2.05, 4.69) is 29.5 Å². The van der Waals surface area contributed by atoms with Crippen molar-refractivity contribution in [1.29, 1.82) is 0 Å². The maximum Gasteiger partial charge on any atom is 0.191 e. The summed E-state index contributed by atoms with van der Waals surface area (Å²) >= 11 is 0. The molecule has 0 spiro atoms. The summed E-state index contributed by atoms with van der Waals surface area (Å²) in [6, 6.07) is 2.97. The summed E-state index contributed by atoms with van der Waals surface area (Å²) in [6.45, 7) is 8.36. The molecule has 0 saturated carbocycles. The van der Waals surface area contributed by atoms with Gasteiger partial charge in [0.15, 0.2) is 12.8 Å². The Morgan fingerprint density at radius 1 is 1.21 bits per heavy atom. The molecule has 0 saturated heterocycles. The molecule has 3 N–H and O–H groups in total. The highest BCUT2D eigenvalue weighted by atomic mass is 127. The van der Waals surface area contributed by atoms with E-state index in [-0.39, 0.29) is 36.6 Å². The van der Waals surface area contributed by atoms with Crippen LogP contribution in [-0.2, 0) is 17.8 Å². The van der Waals surface area contributed by atoms with Gasteiger partial charge in [-0.25, -0.2) is 4.39 Å². The minimum Gasteiger partial charge on any atom is -0.467 e. The fraction of sp³-hybridized carbons (Fsp3) is 0.667. The summed E-state index contributed by atoms with van der Waals surface area (Å²) in [7, 11) is 0. The van der Waals surface area contributed by atoms with Crippen LogP contribution in [0.2, 0.25) is 0 Å². The van der Waals surface area contributed by atoms with Gasteiger partial charge in [0, 0.05) is 18.7 Å². The van der Waals surface area contributed by atoms with Crippen LogP contribution in [0.3, 0.4) is 0 Å². The van der Waals surface area contributed by atoms with Crippen molar-refractivity contribution >= 4 is 29.9 Å². The largest absolute Gasteiger partial charge is 0.467 e. The lowest BCUT2D eigenvalue weighted by Gasteiger charge is -2.26. The molecule has 0 fully saturated rings.